The molecule has 2 aromatic rings. The van der Waals surface area contributed by atoms with E-state index in [2.05, 4.69) is 29.4 Å². The fraction of sp³-hybridized carbons (Fsp3) is 0.520. The van der Waals surface area contributed by atoms with Gasteiger partial charge in [-0.3, -0.25) is 0 Å². The molecule has 1 saturated heterocycles. The molecule has 1 fully saturated rings. The Morgan fingerprint density at radius 2 is 2.09 bits per heavy atom. The molecule has 7 nitrogen and oxygen atoms in total. The number of likely N-dealkylation sites (N-methyl/N-ethyl adjacent to an activating group) is 1. The van der Waals surface area contributed by atoms with Gasteiger partial charge in [-0.1, -0.05) is 18.2 Å². The van der Waals surface area contributed by atoms with Crippen LogP contribution in [0.5, 0.6) is 5.75 Å². The number of hydrogen-bond acceptors (Lipinski definition) is 7. The number of hydrogen-bond donors (Lipinski definition) is 2. The number of nitrogens with one attached hydrogen (secondary N) is 1. The van der Waals surface area contributed by atoms with E-state index in [9.17, 15) is 5.11 Å². The van der Waals surface area contributed by atoms with E-state index in [1.165, 1.54) is 12.0 Å². The number of rotatable bonds is 9. The molecule has 1 aliphatic carbocycles. The highest BCUT2D eigenvalue weighted by Gasteiger charge is 2.22. The van der Waals surface area contributed by atoms with Gasteiger partial charge in [-0.05, 0) is 56.9 Å². The highest BCUT2D eigenvalue weighted by molar-refractivity contribution is 5.70. The maximum atomic E-state index is 9.94. The third-order valence-electron chi connectivity index (χ3n) is 6.16. The minimum Gasteiger partial charge on any atom is -0.491 e. The zero-order chi connectivity index (χ0) is 22.3. The van der Waals surface area contributed by atoms with Crippen LogP contribution in [0.15, 0.2) is 36.4 Å². The average molecular weight is 439 g/mol. The molecule has 1 unspecified atom stereocenters. The van der Waals surface area contributed by atoms with Gasteiger partial charge >= 0.3 is 0 Å². The average Bonchev–Trinajstić information content (AvgIpc) is 3.38. The van der Waals surface area contributed by atoms with Crippen molar-refractivity contribution < 1.29 is 14.6 Å². The second-order valence-corrected chi connectivity index (χ2v) is 8.56. The van der Waals surface area contributed by atoms with Crippen LogP contribution in [0.1, 0.15) is 37.8 Å². The summed E-state index contributed by atoms with van der Waals surface area (Å²) in [5.74, 6) is 2.34. The molecule has 1 aromatic heterocycles. The lowest BCUT2D eigenvalue weighted by Gasteiger charge is -2.32. The van der Waals surface area contributed by atoms with Gasteiger partial charge in [0.1, 0.15) is 24.3 Å². The van der Waals surface area contributed by atoms with Crippen molar-refractivity contribution in [2.45, 2.75) is 44.2 Å². The van der Waals surface area contributed by atoms with Gasteiger partial charge in [0.15, 0.2) is 5.82 Å². The maximum absolute atomic E-state index is 9.94. The van der Waals surface area contributed by atoms with Crippen molar-refractivity contribution in [2.75, 3.05) is 45.4 Å². The van der Waals surface area contributed by atoms with Gasteiger partial charge in [-0.25, -0.2) is 9.97 Å². The molecule has 0 radical (unpaired) electrons. The summed E-state index contributed by atoms with van der Waals surface area (Å²) in [5, 5.41) is 12.9. The third kappa shape index (κ3) is 5.65. The van der Waals surface area contributed by atoms with Crippen LogP contribution in [0.25, 0.3) is 17.0 Å². The summed E-state index contributed by atoms with van der Waals surface area (Å²) in [7, 11) is 3.93. The second kappa shape index (κ2) is 10.9. The number of benzene rings is 1. The van der Waals surface area contributed by atoms with Gasteiger partial charge in [-0.2, -0.15) is 0 Å². The lowest BCUT2D eigenvalue weighted by molar-refractivity contribution is 0.0853. The van der Waals surface area contributed by atoms with Crippen molar-refractivity contribution in [1.82, 2.24) is 15.3 Å². The van der Waals surface area contributed by atoms with E-state index in [0.29, 0.717) is 24.2 Å². The molecular weight excluding hydrogens is 404 g/mol. The molecule has 2 N–H and O–H groups in total. The minimum absolute atomic E-state index is 0.232. The summed E-state index contributed by atoms with van der Waals surface area (Å²) in [4.78, 5) is 12.2. The molecule has 4 rings (SSSR count). The van der Waals surface area contributed by atoms with E-state index >= 15 is 0 Å². The predicted octanol–water partition coefficient (Wildman–Crippen LogP) is 3.29. The monoisotopic (exact) mass is 438 g/mol. The zero-order valence-corrected chi connectivity index (χ0v) is 19.1. The Morgan fingerprint density at radius 1 is 1.25 bits per heavy atom. The second-order valence-electron chi connectivity index (χ2n) is 8.56. The number of nitrogens with zero attached hydrogens (tertiary/aromatic N) is 3. The van der Waals surface area contributed by atoms with Crippen molar-refractivity contribution in [2.24, 2.45) is 0 Å². The van der Waals surface area contributed by atoms with Gasteiger partial charge in [0.25, 0.3) is 0 Å². The summed E-state index contributed by atoms with van der Waals surface area (Å²) in [5.41, 5.74) is 3.22. The Bertz CT molecular complexity index is 927. The molecule has 2 heterocycles. The fourth-order valence-corrected chi connectivity index (χ4v) is 4.28. The molecule has 0 saturated carbocycles. The molecular formula is C25H34N4O3. The van der Waals surface area contributed by atoms with E-state index in [1.807, 2.05) is 31.3 Å². The van der Waals surface area contributed by atoms with E-state index in [1.54, 1.807) is 0 Å². The smallest absolute Gasteiger partial charge is 0.162 e. The maximum Gasteiger partial charge on any atom is 0.162 e. The van der Waals surface area contributed by atoms with Crippen LogP contribution in [0.3, 0.4) is 0 Å². The predicted molar refractivity (Wildman–Crippen MR) is 127 cm³/mol. The molecule has 2 aliphatic rings. The van der Waals surface area contributed by atoms with Crippen LogP contribution in [0.4, 0.5) is 5.82 Å². The first-order chi connectivity index (χ1) is 15.6. The highest BCUT2D eigenvalue weighted by atomic mass is 16.5. The van der Waals surface area contributed by atoms with Crippen LogP contribution in [-0.4, -0.2) is 67.7 Å². The largest absolute Gasteiger partial charge is 0.491 e. The number of aliphatic hydroxyl groups is 1. The summed E-state index contributed by atoms with van der Waals surface area (Å²) < 4.78 is 11.4. The van der Waals surface area contributed by atoms with Crippen molar-refractivity contribution in [3.05, 3.63) is 42.1 Å². The summed E-state index contributed by atoms with van der Waals surface area (Å²) in [6, 6.07) is 10.4. The molecule has 7 heteroatoms. The number of aliphatic hydroxyl groups excluding tert-OH is 1. The van der Waals surface area contributed by atoms with Gasteiger partial charge in [0, 0.05) is 44.5 Å². The number of anilines is 1. The Labute approximate surface area is 190 Å². The van der Waals surface area contributed by atoms with Crippen LogP contribution in [-0.2, 0) is 4.74 Å². The van der Waals surface area contributed by atoms with Crippen LogP contribution in [0.2, 0.25) is 0 Å². The SMILES string of the molecule is CNCC(O)COc1cccc(-c2nc(C3=CCCC3)cc(N(C)C3CCOCC3)n2)c1. The van der Waals surface area contributed by atoms with Crippen LogP contribution < -0.4 is 15.0 Å². The Hall–Kier alpha value is -2.48. The van der Waals surface area contributed by atoms with Gasteiger partial charge in [0.05, 0.1) is 5.69 Å². The molecule has 1 aliphatic heterocycles. The molecule has 32 heavy (non-hydrogen) atoms. The highest BCUT2D eigenvalue weighted by Crippen LogP contribution is 2.32. The first kappa shape index (κ1) is 22.7. The summed E-state index contributed by atoms with van der Waals surface area (Å²) in [6.07, 6.45) is 7.10. The number of aromatic nitrogens is 2. The van der Waals surface area contributed by atoms with Gasteiger partial charge < -0.3 is 24.8 Å². The molecule has 0 bridgehead atoms. The quantitative estimate of drug-likeness (QED) is 0.622. The first-order valence-electron chi connectivity index (χ1n) is 11.6. The van der Waals surface area contributed by atoms with Crippen molar-refractivity contribution in [3.63, 3.8) is 0 Å². The van der Waals surface area contributed by atoms with E-state index in [4.69, 9.17) is 19.4 Å². The Balaban J connectivity index is 1.62. The molecule has 172 valence electrons. The normalized spacial score (nSPS) is 17.8. The van der Waals surface area contributed by atoms with Crippen LogP contribution in [0, 0.1) is 0 Å². The standard InChI is InChI=1S/C25H34N4O3/c1-26-16-21(30)17-32-22-9-5-8-19(14-22)25-27-23(18-6-3-4-7-18)15-24(28-25)29(2)20-10-12-31-13-11-20/h5-6,8-9,14-15,20-21,26,30H,3-4,7,10-13,16-17H2,1-2H3. The van der Waals surface area contributed by atoms with Crippen LogP contribution >= 0.6 is 0 Å². The Morgan fingerprint density at radius 3 is 2.84 bits per heavy atom. The summed E-state index contributed by atoms with van der Waals surface area (Å²) in [6.45, 7) is 2.31. The number of allylic oxidation sites excluding steroid dienone is 2. The van der Waals surface area contributed by atoms with Crippen molar-refractivity contribution in [1.29, 1.82) is 0 Å². The van der Waals surface area contributed by atoms with E-state index in [0.717, 1.165) is 56.0 Å². The fourth-order valence-electron chi connectivity index (χ4n) is 4.28. The molecule has 1 aromatic carbocycles. The van der Waals surface area contributed by atoms with E-state index in [-0.39, 0.29) is 6.61 Å². The molecule has 0 amide bonds. The number of ether oxygens (including phenoxy) is 2. The van der Waals surface area contributed by atoms with E-state index < -0.39 is 6.10 Å². The lowest BCUT2D eigenvalue weighted by Crippen LogP contribution is -2.37. The lowest BCUT2D eigenvalue weighted by atomic mass is 10.1. The van der Waals surface area contributed by atoms with Gasteiger partial charge in [0.2, 0.25) is 0 Å². The van der Waals surface area contributed by atoms with Crippen molar-refractivity contribution >= 4 is 11.4 Å². The third-order valence-corrected chi connectivity index (χ3v) is 6.16. The van der Waals surface area contributed by atoms with Gasteiger partial charge in [-0.15, -0.1) is 0 Å². The Kier molecular flexibility index (Phi) is 7.73. The summed E-state index contributed by atoms with van der Waals surface area (Å²) >= 11 is 0. The molecule has 1 atom stereocenters. The molecule has 0 spiro atoms. The zero-order valence-electron chi connectivity index (χ0n) is 19.1. The minimum atomic E-state index is -0.558. The van der Waals surface area contributed by atoms with Crippen molar-refractivity contribution in [3.8, 4) is 17.1 Å². The topological polar surface area (TPSA) is 79.7 Å². The first-order valence-corrected chi connectivity index (χ1v) is 11.6.